The van der Waals surface area contributed by atoms with Crippen LogP contribution in [0.1, 0.15) is 130 Å². The minimum Gasteiger partial charge on any atom is -0.361 e. The fraction of sp³-hybridized carbons (Fsp3) is 0.875. The van der Waals surface area contributed by atoms with E-state index in [9.17, 15) is 0 Å². The van der Waals surface area contributed by atoms with E-state index in [0.29, 0.717) is 5.88 Å². The Kier molecular flexibility index (Phi) is 13.4. The van der Waals surface area contributed by atoms with E-state index in [1.165, 1.54) is 96.3 Å². The molecule has 0 radical (unpaired) electrons. The number of aliphatic imine (C=N–C) groups is 1. The van der Waals surface area contributed by atoms with Gasteiger partial charge in [0.2, 0.25) is 5.88 Å². The summed E-state index contributed by atoms with van der Waals surface area (Å²) in [7, 11) is 0. The van der Waals surface area contributed by atoms with Gasteiger partial charge < -0.3 is 4.84 Å². The Hall–Kier alpha value is -0.990. The zero-order chi connectivity index (χ0) is 19.8. The number of unbranched alkanes of at least 4 members (excludes halogenated alkanes) is 13. The molecule has 1 rings (SSSR count). The molecule has 27 heavy (non-hydrogen) atoms. The van der Waals surface area contributed by atoms with E-state index in [0.717, 1.165) is 18.7 Å². The summed E-state index contributed by atoms with van der Waals surface area (Å²) in [6, 6.07) is 0. The van der Waals surface area contributed by atoms with Gasteiger partial charge in [-0.2, -0.15) is 4.99 Å². The predicted molar refractivity (Wildman–Crippen MR) is 119 cm³/mol. The zero-order valence-corrected chi connectivity index (χ0v) is 18.6. The van der Waals surface area contributed by atoms with Crippen LogP contribution in [0.5, 0.6) is 0 Å². The van der Waals surface area contributed by atoms with Gasteiger partial charge in [-0.05, 0) is 25.8 Å². The van der Waals surface area contributed by atoms with Crippen molar-refractivity contribution in [1.82, 2.24) is 5.48 Å². The smallest absolute Gasteiger partial charge is 0.240 e. The SMILES string of the molecule is C=C1N=C(C(CC)(CC)CCCCCCCCCCCCCCCC)NO1. The number of hydroxylamine groups is 1. The van der Waals surface area contributed by atoms with Gasteiger partial charge in [0.15, 0.2) is 0 Å². The lowest BCUT2D eigenvalue weighted by molar-refractivity contribution is 0.167. The molecule has 0 fully saturated rings. The summed E-state index contributed by atoms with van der Waals surface area (Å²) in [5, 5.41) is 0. The van der Waals surface area contributed by atoms with Gasteiger partial charge in [-0.25, -0.2) is 5.48 Å². The van der Waals surface area contributed by atoms with E-state index in [2.05, 4.69) is 37.8 Å². The maximum absolute atomic E-state index is 5.25. The lowest BCUT2D eigenvalue weighted by atomic mass is 9.76. The van der Waals surface area contributed by atoms with Gasteiger partial charge >= 0.3 is 0 Å². The van der Waals surface area contributed by atoms with Gasteiger partial charge in [0, 0.05) is 5.41 Å². The van der Waals surface area contributed by atoms with Crippen molar-refractivity contribution in [1.29, 1.82) is 0 Å². The first-order valence-electron chi connectivity index (χ1n) is 11.9. The van der Waals surface area contributed by atoms with E-state index >= 15 is 0 Å². The summed E-state index contributed by atoms with van der Waals surface area (Å²) in [4.78, 5) is 9.73. The molecule has 0 aliphatic carbocycles. The Balaban J connectivity index is 2.00. The minimum absolute atomic E-state index is 0.135. The van der Waals surface area contributed by atoms with Crippen molar-refractivity contribution in [2.24, 2.45) is 10.4 Å². The number of hydrogen-bond acceptors (Lipinski definition) is 3. The molecule has 0 saturated heterocycles. The van der Waals surface area contributed by atoms with E-state index in [4.69, 9.17) is 4.84 Å². The average molecular weight is 379 g/mol. The first-order chi connectivity index (χ1) is 13.2. The molecule has 0 amide bonds. The Bertz CT molecular complexity index is 413. The molecule has 1 heterocycles. The van der Waals surface area contributed by atoms with Crippen LogP contribution < -0.4 is 5.48 Å². The predicted octanol–water partition coefficient (Wildman–Crippen LogP) is 8.07. The Morgan fingerprint density at radius 1 is 0.741 bits per heavy atom. The second-order valence-corrected chi connectivity index (χ2v) is 8.39. The van der Waals surface area contributed by atoms with E-state index in [1.807, 2.05) is 0 Å². The summed E-state index contributed by atoms with van der Waals surface area (Å²) in [5.74, 6) is 1.49. The van der Waals surface area contributed by atoms with Gasteiger partial charge in [-0.15, -0.1) is 0 Å². The molecule has 0 aromatic heterocycles. The molecule has 0 saturated carbocycles. The van der Waals surface area contributed by atoms with Gasteiger partial charge in [0.1, 0.15) is 5.84 Å². The molecule has 3 nitrogen and oxygen atoms in total. The minimum atomic E-state index is 0.135. The number of hydrogen-bond donors (Lipinski definition) is 1. The van der Waals surface area contributed by atoms with Crippen molar-refractivity contribution >= 4 is 5.84 Å². The van der Waals surface area contributed by atoms with E-state index < -0.39 is 0 Å². The second kappa shape index (κ2) is 15.0. The van der Waals surface area contributed by atoms with Crippen LogP contribution in [-0.4, -0.2) is 5.84 Å². The number of rotatable bonds is 18. The number of nitrogens with zero attached hydrogens (tertiary/aromatic N) is 1. The second-order valence-electron chi connectivity index (χ2n) is 8.39. The third kappa shape index (κ3) is 9.67. The topological polar surface area (TPSA) is 33.6 Å². The summed E-state index contributed by atoms with van der Waals surface area (Å²) < 4.78 is 0. The molecule has 1 aliphatic heterocycles. The Labute approximate surface area is 169 Å². The fourth-order valence-corrected chi connectivity index (χ4v) is 4.22. The summed E-state index contributed by atoms with van der Waals surface area (Å²) in [6.07, 6.45) is 23.1. The monoisotopic (exact) mass is 378 g/mol. The molecule has 0 bridgehead atoms. The van der Waals surface area contributed by atoms with Crippen LogP contribution in [-0.2, 0) is 4.84 Å². The maximum atomic E-state index is 5.25. The quantitative estimate of drug-likeness (QED) is 0.245. The normalized spacial score (nSPS) is 14.2. The highest BCUT2D eigenvalue weighted by molar-refractivity contribution is 5.89. The van der Waals surface area contributed by atoms with Crippen LogP contribution in [0.4, 0.5) is 0 Å². The molecule has 1 N–H and O–H groups in total. The van der Waals surface area contributed by atoms with Gasteiger partial charge in [-0.3, -0.25) is 0 Å². The molecular weight excluding hydrogens is 332 g/mol. The van der Waals surface area contributed by atoms with Crippen molar-refractivity contribution in [3.05, 3.63) is 12.5 Å². The third-order valence-electron chi connectivity index (χ3n) is 6.37. The maximum Gasteiger partial charge on any atom is 0.240 e. The molecule has 0 unspecified atom stereocenters. The number of amidine groups is 1. The average Bonchev–Trinajstić information content (AvgIpc) is 3.12. The van der Waals surface area contributed by atoms with Crippen LogP contribution in [0, 0.1) is 5.41 Å². The van der Waals surface area contributed by atoms with Crippen molar-refractivity contribution in [3.8, 4) is 0 Å². The Morgan fingerprint density at radius 2 is 1.19 bits per heavy atom. The summed E-state index contributed by atoms with van der Waals surface area (Å²) in [5.41, 5.74) is 3.13. The molecule has 1 aliphatic rings. The van der Waals surface area contributed by atoms with Gasteiger partial charge in [0.25, 0.3) is 0 Å². The first-order valence-corrected chi connectivity index (χ1v) is 11.9. The lowest BCUT2D eigenvalue weighted by Crippen LogP contribution is -2.37. The van der Waals surface area contributed by atoms with Gasteiger partial charge in [-0.1, -0.05) is 111 Å². The highest BCUT2D eigenvalue weighted by atomic mass is 16.7. The summed E-state index contributed by atoms with van der Waals surface area (Å²) in [6.45, 7) is 10.6. The first kappa shape index (κ1) is 24.0. The standard InChI is InChI=1S/C24H46N2O/c1-5-8-9-10-11-12-13-14-15-16-17-18-19-20-21-24(6-2,7-3)23-25-22(4)27-26-23/h4-21H2,1-3H3,(H,25,26). The third-order valence-corrected chi connectivity index (χ3v) is 6.37. The van der Waals surface area contributed by atoms with Crippen molar-refractivity contribution in [3.63, 3.8) is 0 Å². The molecule has 158 valence electrons. The molecule has 0 aromatic carbocycles. The van der Waals surface area contributed by atoms with Crippen LogP contribution in [0.2, 0.25) is 0 Å². The lowest BCUT2D eigenvalue weighted by Gasteiger charge is -2.30. The van der Waals surface area contributed by atoms with Crippen LogP contribution in [0.3, 0.4) is 0 Å². The van der Waals surface area contributed by atoms with Crippen molar-refractivity contribution < 1.29 is 4.84 Å². The Morgan fingerprint density at radius 3 is 1.56 bits per heavy atom. The van der Waals surface area contributed by atoms with Crippen LogP contribution in [0.25, 0.3) is 0 Å². The van der Waals surface area contributed by atoms with E-state index in [1.54, 1.807) is 0 Å². The fourth-order valence-electron chi connectivity index (χ4n) is 4.22. The molecular formula is C24H46N2O. The molecule has 0 spiro atoms. The highest BCUT2D eigenvalue weighted by Gasteiger charge is 2.35. The van der Waals surface area contributed by atoms with Gasteiger partial charge in [0.05, 0.1) is 0 Å². The van der Waals surface area contributed by atoms with Crippen LogP contribution in [0.15, 0.2) is 17.5 Å². The number of nitrogens with one attached hydrogen (secondary N) is 1. The molecule has 3 heteroatoms. The molecule has 0 atom stereocenters. The zero-order valence-electron chi connectivity index (χ0n) is 18.6. The van der Waals surface area contributed by atoms with Crippen LogP contribution >= 0.6 is 0 Å². The summed E-state index contributed by atoms with van der Waals surface area (Å²) >= 11 is 0. The largest absolute Gasteiger partial charge is 0.361 e. The van der Waals surface area contributed by atoms with Crippen molar-refractivity contribution in [2.45, 2.75) is 130 Å². The highest BCUT2D eigenvalue weighted by Crippen LogP contribution is 2.36. The molecule has 0 aromatic rings. The van der Waals surface area contributed by atoms with Crippen molar-refractivity contribution in [2.75, 3.05) is 0 Å². The van der Waals surface area contributed by atoms with E-state index in [-0.39, 0.29) is 5.41 Å².